The summed E-state index contributed by atoms with van der Waals surface area (Å²) in [6.45, 7) is 0.826. The largest absolute Gasteiger partial charge is 0.497 e. The highest BCUT2D eigenvalue weighted by Gasteiger charge is 2.19. The van der Waals surface area contributed by atoms with Crippen LogP contribution in [0.4, 0.5) is 10.1 Å². The Bertz CT molecular complexity index is 1340. The van der Waals surface area contributed by atoms with Crippen molar-refractivity contribution >= 4 is 17.5 Å². The fraction of sp³-hybridized carbons (Fsp3) is 0.161. The zero-order valence-corrected chi connectivity index (χ0v) is 20.9. The monoisotopic (exact) mass is 496 g/mol. The quantitative estimate of drug-likeness (QED) is 0.291. The first-order valence-corrected chi connectivity index (χ1v) is 12.0. The van der Waals surface area contributed by atoms with Gasteiger partial charge in [0.05, 0.1) is 20.1 Å². The van der Waals surface area contributed by atoms with Gasteiger partial charge in [-0.2, -0.15) is 0 Å². The highest BCUT2D eigenvalue weighted by molar-refractivity contribution is 6.06. The molecular formula is C31H29FN2O3. The molecule has 4 aromatic rings. The van der Waals surface area contributed by atoms with E-state index >= 15 is 0 Å². The van der Waals surface area contributed by atoms with Gasteiger partial charge in [0.1, 0.15) is 11.6 Å². The third-order valence-corrected chi connectivity index (χ3v) is 6.11. The summed E-state index contributed by atoms with van der Waals surface area (Å²) in [4.78, 5) is 29.5. The normalized spacial score (nSPS) is 10.6. The number of methoxy groups -OCH3 is 1. The molecule has 0 bridgehead atoms. The molecule has 188 valence electrons. The van der Waals surface area contributed by atoms with Gasteiger partial charge >= 0.3 is 0 Å². The Hall–Kier alpha value is -4.45. The third kappa shape index (κ3) is 6.82. The first kappa shape index (κ1) is 25.6. The second kappa shape index (κ2) is 12.0. The number of anilines is 1. The van der Waals surface area contributed by atoms with Gasteiger partial charge in [-0.15, -0.1) is 0 Å². The second-order valence-corrected chi connectivity index (χ2v) is 8.83. The van der Waals surface area contributed by atoms with Crippen molar-refractivity contribution in [2.45, 2.75) is 19.5 Å². The Balaban J connectivity index is 1.52. The average molecular weight is 497 g/mol. The fourth-order valence-electron chi connectivity index (χ4n) is 4.02. The maximum Gasteiger partial charge on any atom is 0.258 e. The molecule has 0 fully saturated rings. The van der Waals surface area contributed by atoms with Crippen molar-refractivity contribution in [3.63, 3.8) is 0 Å². The van der Waals surface area contributed by atoms with Crippen molar-refractivity contribution in [1.29, 1.82) is 0 Å². The van der Waals surface area contributed by atoms with E-state index in [1.807, 2.05) is 78.9 Å². The fourth-order valence-corrected chi connectivity index (χ4v) is 4.02. The summed E-state index contributed by atoms with van der Waals surface area (Å²) in [5, 5.41) is 0. The molecular weight excluding hydrogens is 467 g/mol. The van der Waals surface area contributed by atoms with Crippen LogP contribution in [-0.2, 0) is 24.3 Å². The number of carbonyl (C=O) groups is 2. The molecule has 4 rings (SSSR count). The Morgan fingerprint density at radius 1 is 0.757 bits per heavy atom. The van der Waals surface area contributed by atoms with Crippen LogP contribution in [0.25, 0.3) is 0 Å². The van der Waals surface area contributed by atoms with E-state index < -0.39 is 5.82 Å². The minimum atomic E-state index is -0.469. The van der Waals surface area contributed by atoms with E-state index in [1.165, 1.54) is 18.2 Å². The van der Waals surface area contributed by atoms with Gasteiger partial charge in [-0.1, -0.05) is 60.7 Å². The van der Waals surface area contributed by atoms with E-state index in [4.69, 9.17) is 4.74 Å². The van der Waals surface area contributed by atoms with Crippen LogP contribution in [0.15, 0.2) is 103 Å². The van der Waals surface area contributed by atoms with Crippen LogP contribution in [0.5, 0.6) is 5.75 Å². The third-order valence-electron chi connectivity index (χ3n) is 6.11. The van der Waals surface area contributed by atoms with Crippen LogP contribution in [0.1, 0.15) is 27.0 Å². The van der Waals surface area contributed by atoms with Crippen LogP contribution in [0, 0.1) is 5.82 Å². The van der Waals surface area contributed by atoms with Crippen molar-refractivity contribution in [2.24, 2.45) is 0 Å². The predicted molar refractivity (Wildman–Crippen MR) is 143 cm³/mol. The Morgan fingerprint density at radius 3 is 2.05 bits per heavy atom. The molecule has 5 nitrogen and oxygen atoms in total. The van der Waals surface area contributed by atoms with Crippen molar-refractivity contribution in [1.82, 2.24) is 4.90 Å². The molecule has 0 N–H and O–H groups in total. The number of hydrogen-bond acceptors (Lipinski definition) is 3. The number of nitrogens with zero attached hydrogens (tertiary/aromatic N) is 2. The smallest absolute Gasteiger partial charge is 0.258 e. The first-order valence-electron chi connectivity index (χ1n) is 12.0. The first-order chi connectivity index (χ1) is 17.9. The van der Waals surface area contributed by atoms with Gasteiger partial charge in [-0.3, -0.25) is 9.59 Å². The van der Waals surface area contributed by atoms with Crippen molar-refractivity contribution in [2.75, 3.05) is 19.1 Å². The molecule has 4 aromatic carbocycles. The summed E-state index contributed by atoms with van der Waals surface area (Å²) in [6, 6.07) is 30.3. The summed E-state index contributed by atoms with van der Waals surface area (Å²) in [5.74, 6) is -0.0639. The molecule has 37 heavy (non-hydrogen) atoms. The lowest BCUT2D eigenvalue weighted by atomic mass is 10.1. The van der Waals surface area contributed by atoms with Gasteiger partial charge in [-0.05, 0) is 59.2 Å². The van der Waals surface area contributed by atoms with Gasteiger partial charge in [0.2, 0.25) is 5.91 Å². The van der Waals surface area contributed by atoms with Crippen molar-refractivity contribution in [3.8, 4) is 5.75 Å². The number of carbonyl (C=O) groups excluding carboxylic acids is 2. The number of rotatable bonds is 9. The topological polar surface area (TPSA) is 49.9 Å². The molecule has 0 aliphatic carbocycles. The molecule has 0 heterocycles. The number of amides is 2. The van der Waals surface area contributed by atoms with E-state index in [0.29, 0.717) is 12.2 Å². The Labute approximate surface area is 216 Å². The minimum absolute atomic E-state index is 0.00234. The number of halogens is 1. The molecule has 0 saturated heterocycles. The molecule has 0 aromatic heterocycles. The highest BCUT2D eigenvalue weighted by Crippen LogP contribution is 2.23. The molecule has 0 saturated carbocycles. The number of ether oxygens (including phenoxy) is 1. The standard InChI is InChI=1S/C31H29FN2O3/c1-33(21-24-7-4-3-5-8-24)30(35)19-23-11-15-28(16-12-23)34(22-25-13-17-29(37-2)18-14-25)31(36)26-9-6-10-27(32)20-26/h3-18,20H,19,21-22H2,1-2H3. The average Bonchev–Trinajstić information content (AvgIpc) is 2.93. The number of likely N-dealkylation sites (N-methyl/N-ethyl adjacent to an activating group) is 1. The lowest BCUT2D eigenvalue weighted by molar-refractivity contribution is -0.129. The van der Waals surface area contributed by atoms with E-state index in [2.05, 4.69) is 0 Å². The lowest BCUT2D eigenvalue weighted by Crippen LogP contribution is -2.30. The van der Waals surface area contributed by atoms with Crippen LogP contribution in [-0.4, -0.2) is 30.9 Å². The van der Waals surface area contributed by atoms with Gasteiger partial charge in [0.25, 0.3) is 5.91 Å². The van der Waals surface area contributed by atoms with Gasteiger partial charge in [0, 0.05) is 24.8 Å². The van der Waals surface area contributed by atoms with Crippen LogP contribution in [0.2, 0.25) is 0 Å². The van der Waals surface area contributed by atoms with Crippen LogP contribution in [0.3, 0.4) is 0 Å². The molecule has 0 radical (unpaired) electrons. The maximum absolute atomic E-state index is 13.9. The van der Waals surface area contributed by atoms with Gasteiger partial charge in [0.15, 0.2) is 0 Å². The van der Waals surface area contributed by atoms with E-state index in [-0.39, 0.29) is 30.3 Å². The van der Waals surface area contributed by atoms with E-state index in [1.54, 1.807) is 30.0 Å². The van der Waals surface area contributed by atoms with Crippen LogP contribution >= 0.6 is 0 Å². The molecule has 0 unspecified atom stereocenters. The summed E-state index contributed by atoms with van der Waals surface area (Å²) in [7, 11) is 3.39. The maximum atomic E-state index is 13.9. The van der Waals surface area contributed by atoms with Gasteiger partial charge in [-0.25, -0.2) is 4.39 Å². The predicted octanol–water partition coefficient (Wildman–Crippen LogP) is 5.88. The van der Waals surface area contributed by atoms with E-state index in [9.17, 15) is 14.0 Å². The summed E-state index contributed by atoms with van der Waals surface area (Å²) < 4.78 is 19.1. The summed E-state index contributed by atoms with van der Waals surface area (Å²) in [6.07, 6.45) is 0.250. The van der Waals surface area contributed by atoms with Crippen molar-refractivity contribution in [3.05, 3.63) is 131 Å². The van der Waals surface area contributed by atoms with Gasteiger partial charge < -0.3 is 14.5 Å². The number of hydrogen-bond donors (Lipinski definition) is 0. The number of benzene rings is 4. The summed E-state index contributed by atoms with van der Waals surface area (Å²) >= 11 is 0. The molecule has 0 spiro atoms. The molecule has 2 amide bonds. The highest BCUT2D eigenvalue weighted by atomic mass is 19.1. The summed E-state index contributed by atoms with van der Waals surface area (Å²) in [5.41, 5.74) is 3.72. The minimum Gasteiger partial charge on any atom is -0.497 e. The molecule has 6 heteroatoms. The molecule has 0 aliphatic heterocycles. The van der Waals surface area contributed by atoms with Crippen LogP contribution < -0.4 is 9.64 Å². The zero-order chi connectivity index (χ0) is 26.2. The lowest BCUT2D eigenvalue weighted by Gasteiger charge is -2.24. The molecule has 0 atom stereocenters. The molecule has 0 aliphatic rings. The zero-order valence-electron chi connectivity index (χ0n) is 20.9. The SMILES string of the molecule is COc1ccc(CN(C(=O)c2cccc(F)c2)c2ccc(CC(=O)N(C)Cc3ccccc3)cc2)cc1. The Morgan fingerprint density at radius 2 is 1.41 bits per heavy atom. The Kier molecular flexibility index (Phi) is 8.31. The second-order valence-electron chi connectivity index (χ2n) is 8.83. The van der Waals surface area contributed by atoms with E-state index in [0.717, 1.165) is 22.4 Å². The van der Waals surface area contributed by atoms with Crippen molar-refractivity contribution < 1.29 is 18.7 Å².